The van der Waals surface area contributed by atoms with Crippen molar-refractivity contribution in [2.75, 3.05) is 20.6 Å². The molecule has 9 heteroatoms. The van der Waals surface area contributed by atoms with Gasteiger partial charge in [0.05, 0.1) is 6.04 Å². The molecule has 6 nitrogen and oxygen atoms in total. The van der Waals surface area contributed by atoms with Crippen molar-refractivity contribution in [3.63, 3.8) is 0 Å². The Balaban J connectivity index is 4.60. The maximum atomic E-state index is 12.6. The van der Waals surface area contributed by atoms with Gasteiger partial charge in [0.1, 0.15) is 5.92 Å². The van der Waals surface area contributed by atoms with E-state index in [9.17, 15) is 18.0 Å². The molecule has 0 aromatic rings. The zero-order chi connectivity index (χ0) is 14.5. The normalized spacial score (nSPS) is 16.2. The van der Waals surface area contributed by atoms with Crippen LogP contribution in [0.5, 0.6) is 0 Å². The molecule has 0 saturated heterocycles. The topological polar surface area (TPSA) is 91.0 Å². The van der Waals surface area contributed by atoms with Gasteiger partial charge in [-0.2, -0.15) is 13.2 Å². The van der Waals surface area contributed by atoms with Gasteiger partial charge in [-0.05, 0) is 6.92 Å². The Bertz CT molecular complexity index is 317. The van der Waals surface area contributed by atoms with Crippen LogP contribution in [0.4, 0.5) is 13.2 Å². The van der Waals surface area contributed by atoms with Gasteiger partial charge < -0.3 is 21.2 Å². The third-order valence-corrected chi connectivity index (χ3v) is 2.31. The average molecular weight is 270 g/mol. The number of carbonyl (C=O) groups excluding carboxylic acids is 1. The van der Waals surface area contributed by atoms with E-state index in [0.29, 0.717) is 0 Å². The van der Waals surface area contributed by atoms with Crippen molar-refractivity contribution < 1.29 is 23.2 Å². The number of carbonyl (C=O) groups is 1. The van der Waals surface area contributed by atoms with Crippen molar-refractivity contribution in [1.29, 1.82) is 0 Å². The zero-order valence-corrected chi connectivity index (χ0v) is 10.3. The standard InChI is InChI=1S/C9H17F3N4O2/c1-5(8(17)16(2)3)14-4-6(7(13)15-18)9(10,11)12/h5-6,14,18H,4H2,1-3H3,(H2,13,15). The predicted octanol–water partition coefficient (Wildman–Crippen LogP) is -0.0224. The van der Waals surface area contributed by atoms with Gasteiger partial charge in [-0.15, -0.1) is 0 Å². The van der Waals surface area contributed by atoms with E-state index in [4.69, 9.17) is 10.9 Å². The maximum absolute atomic E-state index is 12.6. The molecule has 0 aromatic heterocycles. The van der Waals surface area contributed by atoms with E-state index in [2.05, 4.69) is 10.5 Å². The van der Waals surface area contributed by atoms with Crippen LogP contribution in [-0.4, -0.2) is 54.7 Å². The summed E-state index contributed by atoms with van der Waals surface area (Å²) in [5.41, 5.74) is 4.97. The largest absolute Gasteiger partial charge is 0.409 e. The molecule has 0 saturated carbocycles. The van der Waals surface area contributed by atoms with Crippen molar-refractivity contribution in [3.8, 4) is 0 Å². The van der Waals surface area contributed by atoms with E-state index in [-0.39, 0.29) is 5.91 Å². The number of halogens is 3. The van der Waals surface area contributed by atoms with Crippen LogP contribution in [0.1, 0.15) is 6.92 Å². The summed E-state index contributed by atoms with van der Waals surface area (Å²) in [6.07, 6.45) is -4.65. The summed E-state index contributed by atoms with van der Waals surface area (Å²) in [5.74, 6) is -3.45. The first-order valence-electron chi connectivity index (χ1n) is 5.10. The number of hydrogen-bond donors (Lipinski definition) is 3. The van der Waals surface area contributed by atoms with E-state index in [1.165, 1.54) is 25.9 Å². The second-order valence-corrected chi connectivity index (χ2v) is 3.98. The number of oxime groups is 1. The van der Waals surface area contributed by atoms with Crippen molar-refractivity contribution in [2.45, 2.75) is 19.1 Å². The van der Waals surface area contributed by atoms with Crippen molar-refractivity contribution >= 4 is 11.7 Å². The van der Waals surface area contributed by atoms with Gasteiger partial charge >= 0.3 is 6.18 Å². The first kappa shape index (κ1) is 16.5. The van der Waals surface area contributed by atoms with Crippen LogP contribution in [0, 0.1) is 5.92 Å². The van der Waals surface area contributed by atoms with Crippen LogP contribution < -0.4 is 11.1 Å². The molecule has 0 spiro atoms. The molecule has 0 aliphatic rings. The summed E-state index contributed by atoms with van der Waals surface area (Å²) >= 11 is 0. The van der Waals surface area contributed by atoms with Gasteiger partial charge in [-0.1, -0.05) is 5.16 Å². The van der Waals surface area contributed by atoms with Crippen molar-refractivity contribution in [1.82, 2.24) is 10.2 Å². The summed E-state index contributed by atoms with van der Waals surface area (Å²) < 4.78 is 37.7. The number of amidine groups is 1. The zero-order valence-electron chi connectivity index (χ0n) is 10.3. The lowest BCUT2D eigenvalue weighted by molar-refractivity contribution is -0.156. The quantitative estimate of drug-likeness (QED) is 0.283. The fourth-order valence-corrected chi connectivity index (χ4v) is 1.23. The van der Waals surface area contributed by atoms with Gasteiger partial charge in [0.15, 0.2) is 5.84 Å². The number of nitrogens with two attached hydrogens (primary N) is 1. The lowest BCUT2D eigenvalue weighted by Gasteiger charge is -2.23. The minimum Gasteiger partial charge on any atom is -0.409 e. The van der Waals surface area contributed by atoms with E-state index in [0.717, 1.165) is 0 Å². The summed E-state index contributed by atoms with van der Waals surface area (Å²) in [4.78, 5) is 12.7. The molecule has 1 amide bonds. The SMILES string of the molecule is CC(NCC(C(N)=NO)C(F)(F)F)C(=O)N(C)C. The Morgan fingerprint density at radius 2 is 2.00 bits per heavy atom. The minimum atomic E-state index is -4.65. The van der Waals surface area contributed by atoms with E-state index >= 15 is 0 Å². The van der Waals surface area contributed by atoms with Gasteiger partial charge in [-0.3, -0.25) is 4.79 Å². The van der Waals surface area contributed by atoms with Gasteiger partial charge in [0, 0.05) is 20.6 Å². The Hall–Kier alpha value is -1.51. The Morgan fingerprint density at radius 3 is 2.33 bits per heavy atom. The fourth-order valence-electron chi connectivity index (χ4n) is 1.23. The number of likely N-dealkylation sites (N-methyl/N-ethyl adjacent to an activating group) is 1. The van der Waals surface area contributed by atoms with Crippen LogP contribution in [0.3, 0.4) is 0 Å². The molecule has 0 bridgehead atoms. The highest BCUT2D eigenvalue weighted by Gasteiger charge is 2.42. The van der Waals surface area contributed by atoms with Crippen LogP contribution in [0.25, 0.3) is 0 Å². The number of nitrogens with one attached hydrogen (secondary N) is 1. The van der Waals surface area contributed by atoms with E-state index in [1.807, 2.05) is 0 Å². The Labute approximate surface area is 103 Å². The Kier molecular flexibility index (Phi) is 5.89. The van der Waals surface area contributed by atoms with E-state index < -0.39 is 30.5 Å². The molecule has 0 aliphatic heterocycles. The predicted molar refractivity (Wildman–Crippen MR) is 59.1 cm³/mol. The highest BCUT2D eigenvalue weighted by Crippen LogP contribution is 2.25. The minimum absolute atomic E-state index is 0.365. The number of nitrogens with zero attached hydrogens (tertiary/aromatic N) is 2. The highest BCUT2D eigenvalue weighted by molar-refractivity contribution is 5.83. The molecular weight excluding hydrogens is 253 g/mol. The van der Waals surface area contributed by atoms with Crippen LogP contribution in [0.2, 0.25) is 0 Å². The monoisotopic (exact) mass is 270 g/mol. The average Bonchev–Trinajstić information content (AvgIpc) is 2.25. The van der Waals surface area contributed by atoms with Crippen molar-refractivity contribution in [2.24, 2.45) is 16.8 Å². The highest BCUT2D eigenvalue weighted by atomic mass is 19.4. The molecule has 2 unspecified atom stereocenters. The van der Waals surface area contributed by atoms with Gasteiger partial charge in [-0.25, -0.2) is 0 Å². The summed E-state index contributed by atoms with van der Waals surface area (Å²) in [6.45, 7) is 0.794. The first-order valence-corrected chi connectivity index (χ1v) is 5.10. The van der Waals surface area contributed by atoms with Crippen LogP contribution in [-0.2, 0) is 4.79 Å². The molecule has 2 atom stereocenters. The smallest absolute Gasteiger partial charge is 0.400 e. The molecule has 4 N–H and O–H groups in total. The Morgan fingerprint density at radius 1 is 1.50 bits per heavy atom. The van der Waals surface area contributed by atoms with E-state index in [1.54, 1.807) is 0 Å². The molecule has 0 fully saturated rings. The van der Waals surface area contributed by atoms with Gasteiger partial charge in [0.2, 0.25) is 5.91 Å². The molecule has 106 valence electrons. The summed E-state index contributed by atoms with van der Waals surface area (Å²) in [5, 5.41) is 13.0. The summed E-state index contributed by atoms with van der Waals surface area (Å²) in [6, 6.07) is -0.795. The first-order chi connectivity index (χ1) is 8.11. The van der Waals surface area contributed by atoms with Gasteiger partial charge in [0.25, 0.3) is 0 Å². The number of rotatable bonds is 5. The van der Waals surface area contributed by atoms with Crippen LogP contribution >= 0.6 is 0 Å². The third kappa shape index (κ3) is 4.78. The fraction of sp³-hybridized carbons (Fsp3) is 0.778. The molecule has 0 radical (unpaired) electrons. The molecule has 0 heterocycles. The number of amides is 1. The molecular formula is C9H17F3N4O2. The van der Waals surface area contributed by atoms with Crippen molar-refractivity contribution in [3.05, 3.63) is 0 Å². The number of hydrogen-bond acceptors (Lipinski definition) is 4. The molecule has 0 aliphatic carbocycles. The second-order valence-electron chi connectivity index (χ2n) is 3.98. The number of alkyl halides is 3. The van der Waals surface area contributed by atoms with Crippen LogP contribution in [0.15, 0.2) is 5.16 Å². The second kappa shape index (κ2) is 6.43. The molecule has 18 heavy (non-hydrogen) atoms. The molecule has 0 rings (SSSR count). The summed E-state index contributed by atoms with van der Waals surface area (Å²) in [7, 11) is 2.98. The lowest BCUT2D eigenvalue weighted by atomic mass is 10.1. The third-order valence-electron chi connectivity index (χ3n) is 2.31. The molecule has 0 aromatic carbocycles. The lowest BCUT2D eigenvalue weighted by Crippen LogP contribution is -2.48. The maximum Gasteiger partial charge on any atom is 0.400 e.